The van der Waals surface area contributed by atoms with Crippen molar-refractivity contribution in [3.8, 4) is 11.4 Å². The lowest BCUT2D eigenvalue weighted by Gasteiger charge is -2.07. The molecule has 1 aliphatic carbocycles. The van der Waals surface area contributed by atoms with Gasteiger partial charge in [-0.3, -0.25) is 4.98 Å². The summed E-state index contributed by atoms with van der Waals surface area (Å²) in [6.45, 7) is 3.95. The molecular formula is C14H18N4. The fraction of sp³-hybridized carbons (Fsp3) is 0.429. The van der Waals surface area contributed by atoms with Gasteiger partial charge in [-0.25, -0.2) is 4.98 Å². The average molecular weight is 242 g/mol. The van der Waals surface area contributed by atoms with Gasteiger partial charge in [-0.1, -0.05) is 0 Å². The molecule has 0 spiro atoms. The largest absolute Gasteiger partial charge is 0.331 e. The zero-order valence-corrected chi connectivity index (χ0v) is 10.6. The minimum atomic E-state index is 0.728. The number of aryl methyl sites for hydroxylation is 1. The second kappa shape index (κ2) is 4.90. The Hall–Kier alpha value is -1.68. The highest BCUT2D eigenvalue weighted by molar-refractivity contribution is 5.55. The van der Waals surface area contributed by atoms with Crippen molar-refractivity contribution in [2.45, 2.75) is 38.9 Å². The minimum absolute atomic E-state index is 0.728. The van der Waals surface area contributed by atoms with Crippen molar-refractivity contribution >= 4 is 0 Å². The number of nitrogens with one attached hydrogen (secondary N) is 1. The predicted molar refractivity (Wildman–Crippen MR) is 71.0 cm³/mol. The lowest BCUT2D eigenvalue weighted by atomic mass is 10.2. The van der Waals surface area contributed by atoms with Gasteiger partial charge in [0, 0.05) is 49.5 Å². The Kier molecular flexibility index (Phi) is 3.11. The van der Waals surface area contributed by atoms with E-state index in [4.69, 9.17) is 0 Å². The monoisotopic (exact) mass is 242 g/mol. The van der Waals surface area contributed by atoms with E-state index in [9.17, 15) is 0 Å². The van der Waals surface area contributed by atoms with Crippen LogP contribution in [0.15, 0.2) is 30.9 Å². The molecular weight excluding hydrogens is 224 g/mol. The third kappa shape index (κ3) is 2.43. The molecule has 4 heteroatoms. The Morgan fingerprint density at radius 3 is 3.06 bits per heavy atom. The van der Waals surface area contributed by atoms with Crippen LogP contribution in [0.4, 0.5) is 0 Å². The molecule has 1 saturated carbocycles. The standard InChI is InChI=1S/C14H18N4/c1-2-18-6-5-16-14(18)12-7-11(8-15-10-12)9-17-13-3-4-13/h5-8,10,13,17H,2-4,9H2,1H3. The van der Waals surface area contributed by atoms with Crippen LogP contribution in [-0.4, -0.2) is 20.6 Å². The van der Waals surface area contributed by atoms with Crippen LogP contribution in [0.3, 0.4) is 0 Å². The third-order valence-electron chi connectivity index (χ3n) is 3.28. The van der Waals surface area contributed by atoms with Gasteiger partial charge in [0.15, 0.2) is 0 Å². The normalized spacial score (nSPS) is 14.9. The number of hydrogen-bond donors (Lipinski definition) is 1. The van der Waals surface area contributed by atoms with Crippen molar-refractivity contribution in [3.05, 3.63) is 36.4 Å². The molecule has 0 unspecified atom stereocenters. The highest BCUT2D eigenvalue weighted by Gasteiger charge is 2.20. The molecule has 0 bridgehead atoms. The lowest BCUT2D eigenvalue weighted by Crippen LogP contribution is -2.15. The third-order valence-corrected chi connectivity index (χ3v) is 3.28. The van der Waals surface area contributed by atoms with Gasteiger partial charge >= 0.3 is 0 Å². The quantitative estimate of drug-likeness (QED) is 0.874. The van der Waals surface area contributed by atoms with Gasteiger partial charge in [0.25, 0.3) is 0 Å². The number of imidazole rings is 1. The molecule has 2 aromatic rings. The van der Waals surface area contributed by atoms with Crippen molar-refractivity contribution in [1.82, 2.24) is 19.9 Å². The van der Waals surface area contributed by atoms with Crippen LogP contribution in [0, 0.1) is 0 Å². The summed E-state index contributed by atoms with van der Waals surface area (Å²) in [5.41, 5.74) is 2.32. The van der Waals surface area contributed by atoms with E-state index >= 15 is 0 Å². The molecule has 3 rings (SSSR count). The van der Waals surface area contributed by atoms with E-state index in [1.165, 1.54) is 18.4 Å². The highest BCUT2D eigenvalue weighted by Crippen LogP contribution is 2.21. The van der Waals surface area contributed by atoms with Gasteiger partial charge in [-0.15, -0.1) is 0 Å². The first kappa shape index (κ1) is 11.4. The zero-order valence-electron chi connectivity index (χ0n) is 10.6. The summed E-state index contributed by atoms with van der Waals surface area (Å²) >= 11 is 0. The van der Waals surface area contributed by atoms with Crippen LogP contribution < -0.4 is 5.32 Å². The minimum Gasteiger partial charge on any atom is -0.331 e. The smallest absolute Gasteiger partial charge is 0.141 e. The second-order valence-corrected chi connectivity index (χ2v) is 4.77. The zero-order chi connectivity index (χ0) is 12.4. The summed E-state index contributed by atoms with van der Waals surface area (Å²) in [6, 6.07) is 2.91. The summed E-state index contributed by atoms with van der Waals surface area (Å²) in [6.07, 6.45) is 10.3. The van der Waals surface area contributed by atoms with E-state index in [1.54, 1.807) is 0 Å². The van der Waals surface area contributed by atoms with Crippen LogP contribution in [0.5, 0.6) is 0 Å². The highest BCUT2D eigenvalue weighted by atomic mass is 15.1. The first-order chi connectivity index (χ1) is 8.86. The number of hydrogen-bond acceptors (Lipinski definition) is 3. The summed E-state index contributed by atoms with van der Waals surface area (Å²) in [5.74, 6) is 0.998. The molecule has 1 fully saturated rings. The van der Waals surface area contributed by atoms with E-state index in [0.717, 1.165) is 30.5 Å². The fourth-order valence-corrected chi connectivity index (χ4v) is 2.08. The van der Waals surface area contributed by atoms with E-state index in [2.05, 4.69) is 32.8 Å². The van der Waals surface area contributed by atoms with E-state index < -0.39 is 0 Å². The summed E-state index contributed by atoms with van der Waals surface area (Å²) < 4.78 is 2.13. The summed E-state index contributed by atoms with van der Waals surface area (Å²) in [7, 11) is 0. The molecule has 0 aliphatic heterocycles. The number of rotatable bonds is 5. The van der Waals surface area contributed by atoms with Gasteiger partial charge in [0.1, 0.15) is 5.82 Å². The Morgan fingerprint density at radius 1 is 1.39 bits per heavy atom. The van der Waals surface area contributed by atoms with Crippen molar-refractivity contribution in [1.29, 1.82) is 0 Å². The maximum Gasteiger partial charge on any atom is 0.141 e. The van der Waals surface area contributed by atoms with Crippen LogP contribution in [-0.2, 0) is 13.1 Å². The molecule has 0 amide bonds. The van der Waals surface area contributed by atoms with Crippen LogP contribution >= 0.6 is 0 Å². The predicted octanol–water partition coefficient (Wildman–Crippen LogP) is 2.22. The molecule has 18 heavy (non-hydrogen) atoms. The summed E-state index contributed by atoms with van der Waals surface area (Å²) in [5, 5.41) is 3.51. The maximum atomic E-state index is 4.41. The van der Waals surface area contributed by atoms with Crippen LogP contribution in [0.2, 0.25) is 0 Å². The molecule has 2 heterocycles. The number of nitrogens with zero attached hydrogens (tertiary/aromatic N) is 3. The van der Waals surface area contributed by atoms with Gasteiger partial charge in [0.2, 0.25) is 0 Å². The van der Waals surface area contributed by atoms with Crippen molar-refractivity contribution in [2.75, 3.05) is 0 Å². The van der Waals surface area contributed by atoms with Crippen molar-refractivity contribution < 1.29 is 0 Å². The SMILES string of the molecule is CCn1ccnc1-c1cncc(CNC2CC2)c1. The fourth-order valence-electron chi connectivity index (χ4n) is 2.08. The van der Waals surface area contributed by atoms with Crippen molar-refractivity contribution in [3.63, 3.8) is 0 Å². The molecule has 1 aliphatic rings. The van der Waals surface area contributed by atoms with E-state index in [0.29, 0.717) is 0 Å². The molecule has 4 nitrogen and oxygen atoms in total. The maximum absolute atomic E-state index is 4.41. The first-order valence-electron chi connectivity index (χ1n) is 6.55. The topological polar surface area (TPSA) is 42.7 Å². The lowest BCUT2D eigenvalue weighted by molar-refractivity contribution is 0.686. The molecule has 0 atom stereocenters. The van der Waals surface area contributed by atoms with Gasteiger partial charge in [0.05, 0.1) is 0 Å². The Morgan fingerprint density at radius 2 is 2.28 bits per heavy atom. The Balaban J connectivity index is 1.80. The molecule has 1 N–H and O–H groups in total. The number of pyridine rings is 1. The molecule has 2 aromatic heterocycles. The van der Waals surface area contributed by atoms with E-state index in [1.807, 2.05) is 24.8 Å². The average Bonchev–Trinajstić information content (AvgIpc) is 3.12. The molecule has 0 radical (unpaired) electrons. The van der Waals surface area contributed by atoms with Crippen molar-refractivity contribution in [2.24, 2.45) is 0 Å². The van der Waals surface area contributed by atoms with Crippen LogP contribution in [0.25, 0.3) is 11.4 Å². The molecule has 0 aromatic carbocycles. The second-order valence-electron chi connectivity index (χ2n) is 4.77. The summed E-state index contributed by atoms with van der Waals surface area (Å²) in [4.78, 5) is 8.73. The van der Waals surface area contributed by atoms with Crippen LogP contribution in [0.1, 0.15) is 25.3 Å². The van der Waals surface area contributed by atoms with Gasteiger partial charge in [-0.05, 0) is 31.4 Å². The van der Waals surface area contributed by atoms with E-state index in [-0.39, 0.29) is 0 Å². The Bertz CT molecular complexity index is 528. The van der Waals surface area contributed by atoms with Gasteiger partial charge in [-0.2, -0.15) is 0 Å². The molecule has 0 saturated heterocycles. The van der Waals surface area contributed by atoms with Gasteiger partial charge < -0.3 is 9.88 Å². The Labute approximate surface area is 107 Å². The first-order valence-corrected chi connectivity index (χ1v) is 6.55. The molecule has 94 valence electrons. The number of aromatic nitrogens is 3.